The number of nitrogens with one attached hydrogen (secondary N) is 1. The first-order valence-electron chi connectivity index (χ1n) is 7.63. The summed E-state index contributed by atoms with van der Waals surface area (Å²) in [4.78, 5) is 0. The van der Waals surface area contributed by atoms with Gasteiger partial charge in [0.2, 0.25) is 0 Å². The van der Waals surface area contributed by atoms with Gasteiger partial charge >= 0.3 is 0 Å². The second-order valence-electron chi connectivity index (χ2n) is 5.97. The standard InChI is InChI=1S/C17H27NO/c1-5-10-18-16(13(4)12(2)3)15-8-6-7-14-9-11-19-17(14)15/h6-8,12-13,16,18H,5,9-11H2,1-4H3. The van der Waals surface area contributed by atoms with Crippen LogP contribution in [0.4, 0.5) is 0 Å². The van der Waals surface area contributed by atoms with Crippen molar-refractivity contribution in [3.05, 3.63) is 29.3 Å². The Kier molecular flexibility index (Phi) is 4.87. The average Bonchev–Trinajstić information content (AvgIpc) is 2.87. The topological polar surface area (TPSA) is 21.3 Å². The molecule has 0 aliphatic carbocycles. The number of hydrogen-bond donors (Lipinski definition) is 1. The van der Waals surface area contributed by atoms with Crippen molar-refractivity contribution in [2.45, 2.75) is 46.6 Å². The number of fused-ring (bicyclic) bond motifs is 1. The molecular weight excluding hydrogens is 234 g/mol. The Morgan fingerprint density at radius 3 is 2.74 bits per heavy atom. The van der Waals surface area contributed by atoms with Gasteiger partial charge in [-0.1, -0.05) is 45.9 Å². The monoisotopic (exact) mass is 261 g/mol. The van der Waals surface area contributed by atoms with E-state index >= 15 is 0 Å². The van der Waals surface area contributed by atoms with Gasteiger partial charge in [-0.3, -0.25) is 0 Å². The minimum atomic E-state index is 0.396. The molecule has 0 radical (unpaired) electrons. The average molecular weight is 261 g/mol. The minimum absolute atomic E-state index is 0.396. The summed E-state index contributed by atoms with van der Waals surface area (Å²) in [5.41, 5.74) is 2.72. The molecule has 1 aromatic rings. The van der Waals surface area contributed by atoms with E-state index in [4.69, 9.17) is 4.74 Å². The van der Waals surface area contributed by atoms with Crippen molar-refractivity contribution in [2.24, 2.45) is 11.8 Å². The van der Waals surface area contributed by atoms with E-state index in [-0.39, 0.29) is 0 Å². The molecule has 2 heteroatoms. The predicted octanol–water partition coefficient (Wildman–Crippen LogP) is 3.95. The molecule has 0 bridgehead atoms. The van der Waals surface area contributed by atoms with Crippen molar-refractivity contribution in [2.75, 3.05) is 13.2 Å². The van der Waals surface area contributed by atoms with Crippen molar-refractivity contribution >= 4 is 0 Å². The van der Waals surface area contributed by atoms with Crippen LogP contribution in [0.2, 0.25) is 0 Å². The van der Waals surface area contributed by atoms with E-state index in [9.17, 15) is 0 Å². The Bertz CT molecular complexity index is 414. The summed E-state index contributed by atoms with van der Waals surface area (Å²) < 4.78 is 5.88. The van der Waals surface area contributed by atoms with Crippen molar-refractivity contribution in [1.82, 2.24) is 5.32 Å². The van der Waals surface area contributed by atoms with E-state index in [0.29, 0.717) is 17.9 Å². The zero-order valence-electron chi connectivity index (χ0n) is 12.7. The van der Waals surface area contributed by atoms with Crippen molar-refractivity contribution < 1.29 is 4.74 Å². The second kappa shape index (κ2) is 6.42. The Balaban J connectivity index is 2.30. The highest BCUT2D eigenvalue weighted by atomic mass is 16.5. The van der Waals surface area contributed by atoms with Crippen LogP contribution in [0, 0.1) is 11.8 Å². The quantitative estimate of drug-likeness (QED) is 0.837. The maximum atomic E-state index is 5.88. The van der Waals surface area contributed by atoms with Gasteiger partial charge < -0.3 is 10.1 Å². The number of benzene rings is 1. The van der Waals surface area contributed by atoms with Crippen molar-refractivity contribution in [1.29, 1.82) is 0 Å². The lowest BCUT2D eigenvalue weighted by molar-refractivity contribution is 0.290. The van der Waals surface area contributed by atoms with Gasteiger partial charge in [0.15, 0.2) is 0 Å². The Morgan fingerprint density at radius 1 is 1.26 bits per heavy atom. The molecule has 0 saturated heterocycles. The largest absolute Gasteiger partial charge is 0.493 e. The summed E-state index contributed by atoms with van der Waals surface area (Å²) in [7, 11) is 0. The van der Waals surface area contributed by atoms with E-state index in [1.807, 2.05) is 0 Å². The highest BCUT2D eigenvalue weighted by Crippen LogP contribution is 2.38. The first kappa shape index (κ1) is 14.4. The summed E-state index contributed by atoms with van der Waals surface area (Å²) in [6, 6.07) is 7.00. The predicted molar refractivity (Wildman–Crippen MR) is 80.7 cm³/mol. The first-order chi connectivity index (χ1) is 9.15. The fourth-order valence-electron chi connectivity index (χ4n) is 2.75. The minimum Gasteiger partial charge on any atom is -0.493 e. The first-order valence-corrected chi connectivity index (χ1v) is 7.63. The van der Waals surface area contributed by atoms with Crippen LogP contribution in [0.15, 0.2) is 18.2 Å². The fourth-order valence-corrected chi connectivity index (χ4v) is 2.75. The third-order valence-electron chi connectivity index (χ3n) is 4.27. The zero-order chi connectivity index (χ0) is 13.8. The second-order valence-corrected chi connectivity index (χ2v) is 5.97. The van der Waals surface area contributed by atoms with Gasteiger partial charge in [0, 0.05) is 18.0 Å². The molecular formula is C17H27NO. The van der Waals surface area contributed by atoms with Crippen LogP contribution in [0.25, 0.3) is 0 Å². The Morgan fingerprint density at radius 2 is 2.05 bits per heavy atom. The molecule has 2 nitrogen and oxygen atoms in total. The highest BCUT2D eigenvalue weighted by Gasteiger charge is 2.27. The maximum absolute atomic E-state index is 5.88. The van der Waals surface area contributed by atoms with Gasteiger partial charge in [-0.15, -0.1) is 0 Å². The molecule has 1 aliphatic rings. The number of hydrogen-bond acceptors (Lipinski definition) is 2. The Labute approximate surface area is 117 Å². The number of para-hydroxylation sites is 1. The van der Waals surface area contributed by atoms with Crippen LogP contribution in [0.3, 0.4) is 0 Å². The van der Waals surface area contributed by atoms with Crippen LogP contribution in [-0.4, -0.2) is 13.2 Å². The van der Waals surface area contributed by atoms with Crippen molar-refractivity contribution in [3.8, 4) is 5.75 Å². The fraction of sp³-hybridized carbons (Fsp3) is 0.647. The van der Waals surface area contributed by atoms with Gasteiger partial charge in [-0.25, -0.2) is 0 Å². The molecule has 2 rings (SSSR count). The van der Waals surface area contributed by atoms with Crippen LogP contribution in [0.1, 0.15) is 51.3 Å². The van der Waals surface area contributed by atoms with Gasteiger partial charge in [0.25, 0.3) is 0 Å². The molecule has 1 heterocycles. The van der Waals surface area contributed by atoms with E-state index in [1.165, 1.54) is 11.1 Å². The molecule has 106 valence electrons. The van der Waals surface area contributed by atoms with E-state index < -0.39 is 0 Å². The van der Waals surface area contributed by atoms with E-state index in [0.717, 1.165) is 31.7 Å². The lowest BCUT2D eigenvalue weighted by atomic mass is 9.85. The third kappa shape index (κ3) is 3.11. The molecule has 1 aliphatic heterocycles. The van der Waals surface area contributed by atoms with Gasteiger partial charge in [-0.2, -0.15) is 0 Å². The lowest BCUT2D eigenvalue weighted by Gasteiger charge is -2.29. The summed E-state index contributed by atoms with van der Waals surface area (Å²) >= 11 is 0. The molecule has 0 fully saturated rings. The third-order valence-corrected chi connectivity index (χ3v) is 4.27. The van der Waals surface area contributed by atoms with E-state index in [1.54, 1.807) is 0 Å². The SMILES string of the molecule is CCCNC(c1cccc2c1OCC2)C(C)C(C)C. The summed E-state index contributed by atoms with van der Waals surface area (Å²) in [5.74, 6) is 2.40. The highest BCUT2D eigenvalue weighted by molar-refractivity contribution is 5.45. The summed E-state index contributed by atoms with van der Waals surface area (Å²) in [6.07, 6.45) is 2.22. The molecule has 0 spiro atoms. The zero-order valence-corrected chi connectivity index (χ0v) is 12.7. The summed E-state index contributed by atoms with van der Waals surface area (Å²) in [5, 5.41) is 3.72. The molecule has 19 heavy (non-hydrogen) atoms. The van der Waals surface area contributed by atoms with Gasteiger partial charge in [0.1, 0.15) is 5.75 Å². The van der Waals surface area contributed by atoms with Crippen LogP contribution < -0.4 is 10.1 Å². The molecule has 2 atom stereocenters. The Hall–Kier alpha value is -1.02. The molecule has 1 aromatic carbocycles. The molecule has 1 N–H and O–H groups in total. The molecule has 0 saturated carbocycles. The van der Waals surface area contributed by atoms with Crippen LogP contribution in [0.5, 0.6) is 5.75 Å². The normalized spacial score (nSPS) is 17.1. The van der Waals surface area contributed by atoms with Gasteiger partial charge in [0.05, 0.1) is 6.61 Å². The smallest absolute Gasteiger partial charge is 0.127 e. The number of ether oxygens (including phenoxy) is 1. The van der Waals surface area contributed by atoms with Crippen molar-refractivity contribution in [3.63, 3.8) is 0 Å². The van der Waals surface area contributed by atoms with Crippen LogP contribution >= 0.6 is 0 Å². The maximum Gasteiger partial charge on any atom is 0.127 e. The summed E-state index contributed by atoms with van der Waals surface area (Å²) in [6.45, 7) is 11.1. The number of rotatable bonds is 6. The molecule has 0 amide bonds. The molecule has 0 aromatic heterocycles. The van der Waals surface area contributed by atoms with E-state index in [2.05, 4.69) is 51.2 Å². The lowest BCUT2D eigenvalue weighted by Crippen LogP contribution is -2.30. The van der Waals surface area contributed by atoms with Gasteiger partial charge in [-0.05, 0) is 30.4 Å². The molecule has 2 unspecified atom stereocenters. The van der Waals surface area contributed by atoms with Crippen LogP contribution in [-0.2, 0) is 6.42 Å².